The molecule has 1 aliphatic rings. The van der Waals surface area contributed by atoms with Gasteiger partial charge in [-0.3, -0.25) is 4.90 Å². The molecular weight excluding hydrogens is 238 g/mol. The SMILES string of the molecule is C=C1c2ccccc2NC(=O)N1c1ccccc1N. The van der Waals surface area contributed by atoms with Crippen LogP contribution in [0.3, 0.4) is 0 Å². The molecule has 2 amide bonds. The molecule has 0 fully saturated rings. The Bertz CT molecular complexity index is 679. The molecule has 0 radical (unpaired) electrons. The highest BCUT2D eigenvalue weighted by molar-refractivity contribution is 6.17. The Labute approximate surface area is 111 Å². The first kappa shape index (κ1) is 11.3. The van der Waals surface area contributed by atoms with Crippen LogP contribution in [0.4, 0.5) is 21.9 Å². The summed E-state index contributed by atoms with van der Waals surface area (Å²) >= 11 is 0. The number of fused-ring (bicyclic) bond motifs is 1. The largest absolute Gasteiger partial charge is 0.397 e. The highest BCUT2D eigenvalue weighted by Gasteiger charge is 2.28. The van der Waals surface area contributed by atoms with Gasteiger partial charge in [-0.25, -0.2) is 4.79 Å². The molecule has 0 aliphatic carbocycles. The van der Waals surface area contributed by atoms with Crippen LogP contribution < -0.4 is 16.0 Å². The second-order valence-corrected chi connectivity index (χ2v) is 4.32. The van der Waals surface area contributed by atoms with Crippen molar-refractivity contribution in [3.05, 3.63) is 60.7 Å². The molecule has 4 nitrogen and oxygen atoms in total. The van der Waals surface area contributed by atoms with Crippen LogP contribution in [0.15, 0.2) is 55.1 Å². The van der Waals surface area contributed by atoms with Crippen LogP contribution >= 0.6 is 0 Å². The van der Waals surface area contributed by atoms with Crippen molar-refractivity contribution in [2.75, 3.05) is 16.0 Å². The number of carbonyl (C=O) groups excluding carboxylic acids is 1. The normalized spacial score (nSPS) is 14.0. The predicted molar refractivity (Wildman–Crippen MR) is 77.8 cm³/mol. The molecule has 4 heteroatoms. The molecule has 0 bridgehead atoms. The predicted octanol–water partition coefficient (Wildman–Crippen LogP) is 3.29. The zero-order valence-electron chi connectivity index (χ0n) is 10.3. The molecule has 19 heavy (non-hydrogen) atoms. The standard InChI is InChI=1S/C15H13N3O/c1-10-11-6-2-4-8-13(11)17-15(19)18(10)14-9-5-3-7-12(14)16/h2-9H,1,16H2,(H,17,19). The number of anilines is 3. The number of hydrogen-bond acceptors (Lipinski definition) is 2. The third-order valence-corrected chi connectivity index (χ3v) is 3.13. The Morgan fingerprint density at radius 3 is 2.53 bits per heavy atom. The Morgan fingerprint density at radius 2 is 1.74 bits per heavy atom. The maximum absolute atomic E-state index is 12.2. The maximum Gasteiger partial charge on any atom is 0.331 e. The molecule has 0 saturated carbocycles. The van der Waals surface area contributed by atoms with Crippen molar-refractivity contribution in [2.24, 2.45) is 0 Å². The van der Waals surface area contributed by atoms with Crippen molar-refractivity contribution in [1.29, 1.82) is 0 Å². The summed E-state index contributed by atoms with van der Waals surface area (Å²) < 4.78 is 0. The number of nitrogens with zero attached hydrogens (tertiary/aromatic N) is 1. The van der Waals surface area contributed by atoms with E-state index in [9.17, 15) is 4.79 Å². The zero-order valence-corrected chi connectivity index (χ0v) is 10.3. The Hall–Kier alpha value is -2.75. The fraction of sp³-hybridized carbons (Fsp3) is 0. The van der Waals surface area contributed by atoms with Crippen molar-refractivity contribution in [2.45, 2.75) is 0 Å². The van der Waals surface area contributed by atoms with E-state index < -0.39 is 0 Å². The maximum atomic E-state index is 12.2. The Morgan fingerprint density at radius 1 is 1.05 bits per heavy atom. The summed E-state index contributed by atoms with van der Waals surface area (Å²) in [5.41, 5.74) is 9.39. The van der Waals surface area contributed by atoms with Crippen molar-refractivity contribution in [3.63, 3.8) is 0 Å². The molecule has 3 rings (SSSR count). The monoisotopic (exact) mass is 251 g/mol. The highest BCUT2D eigenvalue weighted by atomic mass is 16.2. The lowest BCUT2D eigenvalue weighted by Crippen LogP contribution is -2.37. The van der Waals surface area contributed by atoms with Crippen LogP contribution in [0.2, 0.25) is 0 Å². The van der Waals surface area contributed by atoms with E-state index in [0.717, 1.165) is 11.3 Å². The topological polar surface area (TPSA) is 58.4 Å². The molecule has 2 aromatic carbocycles. The molecule has 0 atom stereocenters. The van der Waals surface area contributed by atoms with E-state index in [1.807, 2.05) is 36.4 Å². The summed E-state index contributed by atoms with van der Waals surface area (Å²) in [7, 11) is 0. The number of amides is 2. The molecule has 94 valence electrons. The Balaban J connectivity index is 2.12. The molecular formula is C15H13N3O. The molecule has 0 saturated heterocycles. The van der Waals surface area contributed by atoms with Gasteiger partial charge < -0.3 is 11.1 Å². The molecule has 1 aliphatic heterocycles. The van der Waals surface area contributed by atoms with Gasteiger partial charge in [0.25, 0.3) is 0 Å². The zero-order chi connectivity index (χ0) is 13.4. The van der Waals surface area contributed by atoms with Gasteiger partial charge in [0.15, 0.2) is 0 Å². The van der Waals surface area contributed by atoms with Crippen LogP contribution in [0, 0.1) is 0 Å². The van der Waals surface area contributed by atoms with Crippen LogP contribution in [0.5, 0.6) is 0 Å². The van der Waals surface area contributed by atoms with Crippen molar-refractivity contribution in [3.8, 4) is 0 Å². The number of rotatable bonds is 1. The fourth-order valence-electron chi connectivity index (χ4n) is 2.20. The van der Waals surface area contributed by atoms with Gasteiger partial charge in [-0.1, -0.05) is 36.9 Å². The summed E-state index contributed by atoms with van der Waals surface area (Å²) in [5.74, 6) is 0. The number of urea groups is 1. The molecule has 0 spiro atoms. The molecule has 0 aromatic heterocycles. The molecule has 1 heterocycles. The van der Waals surface area contributed by atoms with Crippen LogP contribution in [0.1, 0.15) is 5.56 Å². The van der Waals surface area contributed by atoms with Gasteiger partial charge in [-0.05, 0) is 18.2 Å². The second-order valence-electron chi connectivity index (χ2n) is 4.32. The minimum Gasteiger partial charge on any atom is -0.397 e. The van der Waals surface area contributed by atoms with Gasteiger partial charge in [0.1, 0.15) is 0 Å². The molecule has 0 unspecified atom stereocenters. The first-order valence-corrected chi connectivity index (χ1v) is 5.92. The van der Waals surface area contributed by atoms with Gasteiger partial charge in [-0.15, -0.1) is 0 Å². The van der Waals surface area contributed by atoms with Crippen molar-refractivity contribution >= 4 is 28.8 Å². The van der Waals surface area contributed by atoms with Gasteiger partial charge in [0, 0.05) is 5.56 Å². The number of hydrogen-bond donors (Lipinski definition) is 2. The number of para-hydroxylation sites is 3. The molecule has 2 aromatic rings. The van der Waals surface area contributed by atoms with Crippen molar-refractivity contribution < 1.29 is 4.79 Å². The number of nitrogens with two attached hydrogens (primary N) is 1. The van der Waals surface area contributed by atoms with E-state index in [-0.39, 0.29) is 6.03 Å². The van der Waals surface area contributed by atoms with Gasteiger partial charge in [0.2, 0.25) is 0 Å². The van der Waals surface area contributed by atoms with E-state index in [2.05, 4.69) is 11.9 Å². The average Bonchev–Trinajstić information content (AvgIpc) is 2.41. The first-order valence-electron chi connectivity index (χ1n) is 5.92. The summed E-state index contributed by atoms with van der Waals surface area (Å²) in [4.78, 5) is 13.7. The average molecular weight is 251 g/mol. The van der Waals surface area contributed by atoms with E-state index in [4.69, 9.17) is 5.73 Å². The quantitative estimate of drug-likeness (QED) is 0.764. The fourth-order valence-corrected chi connectivity index (χ4v) is 2.20. The highest BCUT2D eigenvalue weighted by Crippen LogP contribution is 2.36. The smallest absolute Gasteiger partial charge is 0.331 e. The van der Waals surface area contributed by atoms with E-state index in [1.165, 1.54) is 4.90 Å². The summed E-state index contributed by atoms with van der Waals surface area (Å²) in [6.07, 6.45) is 0. The second kappa shape index (κ2) is 4.17. The van der Waals surface area contributed by atoms with Crippen LogP contribution in [-0.4, -0.2) is 6.03 Å². The number of carbonyl (C=O) groups is 1. The number of benzene rings is 2. The number of nitrogen functional groups attached to an aromatic ring is 1. The minimum atomic E-state index is -0.249. The summed E-state index contributed by atoms with van der Waals surface area (Å²) in [5, 5.41) is 2.84. The van der Waals surface area contributed by atoms with Crippen LogP contribution in [0.25, 0.3) is 5.70 Å². The Kier molecular flexibility index (Phi) is 2.49. The van der Waals surface area contributed by atoms with E-state index >= 15 is 0 Å². The van der Waals surface area contributed by atoms with Crippen LogP contribution in [-0.2, 0) is 0 Å². The number of nitrogens with one attached hydrogen (secondary N) is 1. The summed E-state index contributed by atoms with van der Waals surface area (Å²) in [6, 6.07) is 14.5. The first-order chi connectivity index (χ1) is 9.18. The van der Waals surface area contributed by atoms with Crippen molar-refractivity contribution in [1.82, 2.24) is 0 Å². The summed E-state index contributed by atoms with van der Waals surface area (Å²) in [6.45, 7) is 4.01. The minimum absolute atomic E-state index is 0.249. The lowest BCUT2D eigenvalue weighted by atomic mass is 10.1. The lowest BCUT2D eigenvalue weighted by molar-refractivity contribution is 0.259. The third kappa shape index (κ3) is 1.74. The van der Waals surface area contributed by atoms with Gasteiger partial charge in [-0.2, -0.15) is 0 Å². The van der Waals surface area contributed by atoms with E-state index in [0.29, 0.717) is 17.1 Å². The van der Waals surface area contributed by atoms with Gasteiger partial charge >= 0.3 is 6.03 Å². The lowest BCUT2D eigenvalue weighted by Gasteiger charge is -2.31. The molecule has 3 N–H and O–H groups in total. The van der Waals surface area contributed by atoms with Gasteiger partial charge in [0.05, 0.1) is 22.8 Å². The third-order valence-electron chi connectivity index (χ3n) is 3.13. The van der Waals surface area contributed by atoms with E-state index in [1.54, 1.807) is 12.1 Å².